The normalized spacial score (nSPS) is 20.1. The van der Waals surface area contributed by atoms with Crippen LogP contribution < -0.4 is 10.6 Å². The Hall–Kier alpha value is -2.73. The largest absolute Gasteiger partial charge is 0.443 e. The highest BCUT2D eigenvalue weighted by atomic mass is 35.5. The van der Waals surface area contributed by atoms with Gasteiger partial charge in [-0.3, -0.25) is 15.2 Å². The van der Waals surface area contributed by atoms with Crippen LogP contribution in [0, 0.1) is 11.2 Å². The molecule has 0 aliphatic carbocycles. The number of cyclic esters (lactones) is 1. The summed E-state index contributed by atoms with van der Waals surface area (Å²) in [5.41, 5.74) is 6.68. The van der Waals surface area contributed by atoms with E-state index in [1.165, 1.54) is 15.3 Å². The number of hydrogen-bond acceptors (Lipinski definition) is 6. The van der Waals surface area contributed by atoms with E-state index in [2.05, 4.69) is 0 Å². The number of rotatable bonds is 6. The summed E-state index contributed by atoms with van der Waals surface area (Å²) in [6.45, 7) is 2.24. The lowest BCUT2D eigenvalue weighted by Gasteiger charge is -2.34. The van der Waals surface area contributed by atoms with Crippen molar-refractivity contribution < 1.29 is 22.3 Å². The summed E-state index contributed by atoms with van der Waals surface area (Å²) in [7, 11) is -3.83. The maximum absolute atomic E-state index is 13.3. The van der Waals surface area contributed by atoms with Gasteiger partial charge in [0.15, 0.2) is 0 Å². The molecule has 176 valence electrons. The zero-order chi connectivity index (χ0) is 23.8. The molecule has 0 radical (unpaired) electrons. The fourth-order valence-corrected chi connectivity index (χ4v) is 5.84. The van der Waals surface area contributed by atoms with Crippen molar-refractivity contribution in [2.45, 2.75) is 11.0 Å². The Morgan fingerprint density at radius 3 is 2.42 bits per heavy atom. The van der Waals surface area contributed by atoms with Crippen LogP contribution in [0.25, 0.3) is 0 Å². The molecule has 1 amide bonds. The van der Waals surface area contributed by atoms with Crippen molar-refractivity contribution in [3.05, 3.63) is 58.9 Å². The van der Waals surface area contributed by atoms with E-state index in [9.17, 15) is 17.6 Å². The molecule has 2 aromatic carbocycles. The zero-order valence-electron chi connectivity index (χ0n) is 17.6. The maximum Gasteiger partial charge on any atom is 0.414 e. The number of piperazine rings is 1. The van der Waals surface area contributed by atoms with E-state index in [1.807, 2.05) is 4.90 Å². The summed E-state index contributed by atoms with van der Waals surface area (Å²) in [6.07, 6.45) is -0.817. The lowest BCUT2D eigenvalue weighted by Crippen LogP contribution is -2.50. The van der Waals surface area contributed by atoms with Crippen LogP contribution in [0.15, 0.2) is 47.4 Å². The van der Waals surface area contributed by atoms with Crippen LogP contribution in [0.5, 0.6) is 0 Å². The van der Waals surface area contributed by atoms with Crippen LogP contribution in [-0.2, 0) is 14.8 Å². The quantitative estimate of drug-likeness (QED) is 0.467. The average molecular weight is 496 g/mol. The van der Waals surface area contributed by atoms with Gasteiger partial charge in [0.1, 0.15) is 22.7 Å². The maximum atomic E-state index is 13.3. The van der Waals surface area contributed by atoms with Gasteiger partial charge in [-0.2, -0.15) is 4.31 Å². The molecule has 0 spiro atoms. The Balaban J connectivity index is 1.34. The molecule has 4 rings (SSSR count). The first-order valence-corrected chi connectivity index (χ1v) is 12.1. The van der Waals surface area contributed by atoms with E-state index in [4.69, 9.17) is 27.5 Å². The van der Waals surface area contributed by atoms with E-state index in [-0.39, 0.29) is 34.9 Å². The fraction of sp³-hybridized carbons (Fsp3) is 0.333. The highest BCUT2D eigenvalue weighted by Crippen LogP contribution is 2.27. The highest BCUT2D eigenvalue weighted by molar-refractivity contribution is 7.89. The van der Waals surface area contributed by atoms with Gasteiger partial charge in [0.2, 0.25) is 10.0 Å². The minimum atomic E-state index is -3.83. The molecular formula is C21H23ClFN5O4S. The monoisotopic (exact) mass is 495 g/mol. The van der Waals surface area contributed by atoms with Crippen molar-refractivity contribution in [3.8, 4) is 0 Å². The first kappa shape index (κ1) is 23.4. The molecule has 2 heterocycles. The average Bonchev–Trinajstić information content (AvgIpc) is 3.13. The molecule has 2 fully saturated rings. The number of nitrogen functional groups attached to an aromatic ring is 1. The third-order valence-corrected chi connectivity index (χ3v) is 8.05. The minimum absolute atomic E-state index is 0.0497. The Morgan fingerprint density at radius 2 is 1.82 bits per heavy atom. The number of ether oxygens (including phenoxy) is 1. The molecule has 2 saturated heterocycles. The summed E-state index contributed by atoms with van der Waals surface area (Å²) in [5, 5.41) is 7.31. The van der Waals surface area contributed by atoms with Gasteiger partial charge < -0.3 is 10.5 Å². The number of benzene rings is 2. The highest BCUT2D eigenvalue weighted by Gasteiger charge is 2.35. The Bertz CT molecular complexity index is 1170. The minimum Gasteiger partial charge on any atom is -0.443 e. The number of nitrogens with zero attached hydrogens (tertiary/aromatic N) is 3. The first-order chi connectivity index (χ1) is 15.6. The van der Waals surface area contributed by atoms with Crippen LogP contribution >= 0.6 is 11.6 Å². The summed E-state index contributed by atoms with van der Waals surface area (Å²) in [4.78, 5) is 15.8. The van der Waals surface area contributed by atoms with Crippen LogP contribution in [0.2, 0.25) is 5.02 Å². The molecule has 33 heavy (non-hydrogen) atoms. The van der Waals surface area contributed by atoms with Crippen molar-refractivity contribution in [2.75, 3.05) is 44.2 Å². The summed E-state index contributed by atoms with van der Waals surface area (Å²) >= 11 is 5.95. The number of carbonyl (C=O) groups is 1. The first-order valence-electron chi connectivity index (χ1n) is 10.3. The van der Waals surface area contributed by atoms with Gasteiger partial charge in [0.25, 0.3) is 0 Å². The lowest BCUT2D eigenvalue weighted by molar-refractivity contribution is 0.0937. The SMILES string of the molecule is N=C(N)c1ccc(N2CC(CN3CCN(S(=O)(=O)c4ccc(F)cc4Cl)CC3)OC2=O)cc1. The third-order valence-electron chi connectivity index (χ3n) is 5.67. The Morgan fingerprint density at radius 1 is 1.15 bits per heavy atom. The molecule has 2 aromatic rings. The number of hydrogen-bond donors (Lipinski definition) is 2. The molecule has 0 saturated carbocycles. The number of anilines is 1. The number of nitrogens with one attached hydrogen (secondary N) is 1. The second kappa shape index (κ2) is 9.26. The van der Waals surface area contributed by atoms with E-state index in [0.29, 0.717) is 37.4 Å². The van der Waals surface area contributed by atoms with E-state index < -0.39 is 21.9 Å². The lowest BCUT2D eigenvalue weighted by atomic mass is 10.2. The molecule has 3 N–H and O–H groups in total. The predicted molar refractivity (Wildman–Crippen MR) is 122 cm³/mol. The molecule has 9 nitrogen and oxygen atoms in total. The topological polar surface area (TPSA) is 120 Å². The van der Waals surface area contributed by atoms with Gasteiger partial charge in [0, 0.05) is 44.0 Å². The zero-order valence-corrected chi connectivity index (χ0v) is 19.2. The molecule has 1 atom stereocenters. The van der Waals surface area contributed by atoms with Crippen LogP contribution in [0.4, 0.5) is 14.9 Å². The molecule has 12 heteroatoms. The molecule has 0 aromatic heterocycles. The van der Waals surface area contributed by atoms with E-state index in [0.717, 1.165) is 12.1 Å². The van der Waals surface area contributed by atoms with Crippen molar-refractivity contribution in [3.63, 3.8) is 0 Å². The number of halogens is 2. The summed E-state index contributed by atoms with van der Waals surface area (Å²) < 4.78 is 45.9. The van der Waals surface area contributed by atoms with Crippen molar-refractivity contribution in [2.24, 2.45) is 5.73 Å². The molecule has 0 bridgehead atoms. The van der Waals surface area contributed by atoms with E-state index in [1.54, 1.807) is 24.3 Å². The Kier molecular flexibility index (Phi) is 6.57. The smallest absolute Gasteiger partial charge is 0.414 e. The van der Waals surface area contributed by atoms with E-state index >= 15 is 0 Å². The molecule has 2 aliphatic rings. The van der Waals surface area contributed by atoms with Gasteiger partial charge in [-0.25, -0.2) is 17.6 Å². The van der Waals surface area contributed by atoms with Gasteiger partial charge in [-0.15, -0.1) is 0 Å². The number of sulfonamides is 1. The number of amidine groups is 1. The predicted octanol–water partition coefficient (Wildman–Crippen LogP) is 2.09. The second-order valence-electron chi connectivity index (χ2n) is 7.86. The fourth-order valence-electron chi connectivity index (χ4n) is 3.91. The number of amides is 1. The number of nitrogens with two attached hydrogens (primary N) is 1. The molecule has 1 unspecified atom stereocenters. The van der Waals surface area contributed by atoms with Crippen LogP contribution in [0.3, 0.4) is 0 Å². The standard InChI is InChI=1S/C21H23ClFN5O4S/c22-18-11-15(23)3-6-19(18)33(30,31)27-9-7-26(8-10-27)12-17-13-28(21(29)32-17)16-4-1-14(2-5-16)20(24)25/h1-6,11,17H,7-10,12-13H2,(H3,24,25). The van der Waals surface area contributed by atoms with Gasteiger partial charge >= 0.3 is 6.09 Å². The Labute approximate surface area is 196 Å². The van der Waals surface area contributed by atoms with Crippen LogP contribution in [0.1, 0.15) is 5.56 Å². The summed E-state index contributed by atoms with van der Waals surface area (Å²) in [5.74, 6) is -0.648. The molecule has 2 aliphatic heterocycles. The van der Waals surface area contributed by atoms with Crippen molar-refractivity contribution >= 4 is 39.2 Å². The van der Waals surface area contributed by atoms with Crippen molar-refractivity contribution in [1.29, 1.82) is 5.41 Å². The number of carbonyl (C=O) groups excluding carboxylic acids is 1. The molecular weight excluding hydrogens is 473 g/mol. The third kappa shape index (κ3) is 4.96. The van der Waals surface area contributed by atoms with Crippen LogP contribution in [-0.4, -0.2) is 74.9 Å². The second-order valence-corrected chi connectivity index (χ2v) is 10.2. The van der Waals surface area contributed by atoms with Crippen molar-refractivity contribution in [1.82, 2.24) is 9.21 Å². The van der Waals surface area contributed by atoms with Gasteiger partial charge in [-0.05, 0) is 42.5 Å². The van der Waals surface area contributed by atoms with Gasteiger partial charge in [0.05, 0.1) is 11.6 Å². The van der Waals surface area contributed by atoms with Gasteiger partial charge in [-0.1, -0.05) is 11.6 Å². The summed E-state index contributed by atoms with van der Waals surface area (Å²) in [6, 6.07) is 10.0.